The Kier molecular flexibility index (Phi) is 3.60. The fourth-order valence-corrected chi connectivity index (χ4v) is 2.95. The van der Waals surface area contributed by atoms with Crippen molar-refractivity contribution in [2.24, 2.45) is 11.8 Å². The summed E-state index contributed by atoms with van der Waals surface area (Å²) in [4.78, 5) is 14.4. The van der Waals surface area contributed by atoms with Gasteiger partial charge in [-0.3, -0.25) is 4.79 Å². The summed E-state index contributed by atoms with van der Waals surface area (Å²) in [6.07, 6.45) is 1.21. The van der Waals surface area contributed by atoms with E-state index in [2.05, 4.69) is 13.8 Å². The van der Waals surface area contributed by atoms with Gasteiger partial charge in [0.05, 0.1) is 0 Å². The lowest BCUT2D eigenvalue weighted by Gasteiger charge is -2.35. The number of amides is 1. The van der Waals surface area contributed by atoms with Crippen molar-refractivity contribution in [2.75, 3.05) is 18.8 Å². The van der Waals surface area contributed by atoms with Gasteiger partial charge < -0.3 is 10.6 Å². The van der Waals surface area contributed by atoms with E-state index in [9.17, 15) is 4.79 Å². The van der Waals surface area contributed by atoms with Crippen LogP contribution in [0.4, 0.5) is 5.69 Å². The van der Waals surface area contributed by atoms with Gasteiger partial charge in [-0.25, -0.2) is 0 Å². The molecule has 2 rings (SSSR count). The molecule has 1 aromatic carbocycles. The molecule has 0 radical (unpaired) electrons. The Labute approximate surface area is 109 Å². The van der Waals surface area contributed by atoms with Gasteiger partial charge >= 0.3 is 0 Å². The van der Waals surface area contributed by atoms with Crippen LogP contribution in [0, 0.1) is 18.8 Å². The molecule has 0 spiro atoms. The maximum Gasteiger partial charge on any atom is 0.253 e. The summed E-state index contributed by atoms with van der Waals surface area (Å²) in [7, 11) is 0. The quantitative estimate of drug-likeness (QED) is 0.774. The van der Waals surface area contributed by atoms with Gasteiger partial charge in [0.25, 0.3) is 5.91 Å². The molecular formula is C15H22N2O. The van der Waals surface area contributed by atoms with E-state index in [1.807, 2.05) is 24.0 Å². The van der Waals surface area contributed by atoms with Crippen molar-refractivity contribution < 1.29 is 4.79 Å². The lowest BCUT2D eigenvalue weighted by atomic mass is 9.91. The van der Waals surface area contributed by atoms with Gasteiger partial charge in [0.15, 0.2) is 0 Å². The molecule has 2 atom stereocenters. The first-order valence-electron chi connectivity index (χ1n) is 6.62. The molecule has 1 amide bonds. The average molecular weight is 246 g/mol. The largest absolute Gasteiger partial charge is 0.399 e. The van der Waals surface area contributed by atoms with E-state index in [0.29, 0.717) is 23.1 Å². The van der Waals surface area contributed by atoms with Gasteiger partial charge in [-0.05, 0) is 48.9 Å². The van der Waals surface area contributed by atoms with Crippen molar-refractivity contribution >= 4 is 11.6 Å². The highest BCUT2D eigenvalue weighted by atomic mass is 16.2. The number of carbonyl (C=O) groups is 1. The van der Waals surface area contributed by atoms with Crippen molar-refractivity contribution in [2.45, 2.75) is 27.2 Å². The molecule has 1 heterocycles. The standard InChI is InChI=1S/C15H22N2O/c1-10-5-13(7-14(16)6-10)15(18)17-8-11(2)4-12(3)9-17/h5-7,11-12H,4,8-9,16H2,1-3H3. The monoisotopic (exact) mass is 246 g/mol. The lowest BCUT2D eigenvalue weighted by molar-refractivity contribution is 0.0623. The SMILES string of the molecule is Cc1cc(N)cc(C(=O)N2CC(C)CC(C)C2)c1. The molecule has 3 nitrogen and oxygen atoms in total. The van der Waals surface area contributed by atoms with E-state index < -0.39 is 0 Å². The van der Waals surface area contributed by atoms with Crippen LogP contribution >= 0.6 is 0 Å². The average Bonchev–Trinajstić information content (AvgIpc) is 2.25. The summed E-state index contributed by atoms with van der Waals surface area (Å²) in [6.45, 7) is 8.10. The van der Waals surface area contributed by atoms with Crippen molar-refractivity contribution in [3.63, 3.8) is 0 Å². The van der Waals surface area contributed by atoms with Crippen LogP contribution in [0.15, 0.2) is 18.2 Å². The number of aryl methyl sites for hydroxylation is 1. The Morgan fingerprint density at radius 1 is 1.22 bits per heavy atom. The number of nitrogen functional groups attached to an aromatic ring is 1. The normalized spacial score (nSPS) is 24.1. The second-order valence-electron chi connectivity index (χ2n) is 5.79. The predicted octanol–water partition coefficient (Wildman–Crippen LogP) is 2.70. The zero-order valence-electron chi connectivity index (χ0n) is 11.4. The topological polar surface area (TPSA) is 46.3 Å². The molecule has 1 saturated heterocycles. The molecule has 1 aromatic rings. The molecule has 1 fully saturated rings. The number of nitrogens with zero attached hydrogens (tertiary/aromatic N) is 1. The van der Waals surface area contributed by atoms with E-state index >= 15 is 0 Å². The van der Waals surface area contributed by atoms with Crippen molar-refractivity contribution in [3.05, 3.63) is 29.3 Å². The van der Waals surface area contributed by atoms with E-state index in [0.717, 1.165) is 18.7 Å². The Bertz CT molecular complexity index is 426. The fraction of sp³-hybridized carbons (Fsp3) is 0.533. The van der Waals surface area contributed by atoms with E-state index in [1.165, 1.54) is 6.42 Å². The summed E-state index contributed by atoms with van der Waals surface area (Å²) in [5.41, 5.74) is 8.23. The van der Waals surface area contributed by atoms with Crippen LogP contribution < -0.4 is 5.73 Å². The molecule has 2 N–H and O–H groups in total. The van der Waals surface area contributed by atoms with E-state index in [1.54, 1.807) is 6.07 Å². The minimum atomic E-state index is 0.115. The second-order valence-corrected chi connectivity index (χ2v) is 5.79. The number of benzene rings is 1. The van der Waals surface area contributed by atoms with E-state index in [4.69, 9.17) is 5.73 Å². The van der Waals surface area contributed by atoms with Crippen LogP contribution in [-0.4, -0.2) is 23.9 Å². The molecule has 0 bridgehead atoms. The maximum atomic E-state index is 12.5. The molecule has 2 unspecified atom stereocenters. The fourth-order valence-electron chi connectivity index (χ4n) is 2.95. The summed E-state index contributed by atoms with van der Waals surface area (Å²) in [5.74, 6) is 1.28. The highest BCUT2D eigenvalue weighted by Gasteiger charge is 2.26. The minimum absolute atomic E-state index is 0.115. The molecule has 18 heavy (non-hydrogen) atoms. The highest BCUT2D eigenvalue weighted by Crippen LogP contribution is 2.23. The van der Waals surface area contributed by atoms with Crippen LogP contribution in [0.5, 0.6) is 0 Å². The van der Waals surface area contributed by atoms with Gasteiger partial charge in [-0.1, -0.05) is 13.8 Å². The molecule has 0 aliphatic carbocycles. The molecule has 0 saturated carbocycles. The Morgan fingerprint density at radius 2 is 1.83 bits per heavy atom. The lowest BCUT2D eigenvalue weighted by Crippen LogP contribution is -2.42. The number of rotatable bonds is 1. The zero-order chi connectivity index (χ0) is 13.3. The summed E-state index contributed by atoms with van der Waals surface area (Å²) in [6, 6.07) is 5.58. The van der Waals surface area contributed by atoms with Crippen LogP contribution in [0.1, 0.15) is 36.2 Å². The second kappa shape index (κ2) is 5.01. The minimum Gasteiger partial charge on any atom is -0.399 e. The third-order valence-corrected chi connectivity index (χ3v) is 3.50. The molecule has 1 aliphatic rings. The first-order valence-corrected chi connectivity index (χ1v) is 6.62. The van der Waals surface area contributed by atoms with Gasteiger partial charge in [-0.15, -0.1) is 0 Å². The van der Waals surface area contributed by atoms with Crippen LogP contribution in [0.2, 0.25) is 0 Å². The van der Waals surface area contributed by atoms with Crippen molar-refractivity contribution in [1.82, 2.24) is 4.90 Å². The third kappa shape index (κ3) is 2.84. The molecule has 98 valence electrons. The number of carbonyl (C=O) groups excluding carboxylic acids is 1. The summed E-state index contributed by atoms with van der Waals surface area (Å²) >= 11 is 0. The number of hydrogen-bond donors (Lipinski definition) is 1. The third-order valence-electron chi connectivity index (χ3n) is 3.50. The number of anilines is 1. The van der Waals surface area contributed by atoms with E-state index in [-0.39, 0.29) is 5.91 Å². The van der Waals surface area contributed by atoms with Gasteiger partial charge in [0.2, 0.25) is 0 Å². The molecule has 3 heteroatoms. The first kappa shape index (κ1) is 12.9. The Morgan fingerprint density at radius 3 is 2.39 bits per heavy atom. The molecule has 1 aliphatic heterocycles. The number of likely N-dealkylation sites (tertiary alicyclic amines) is 1. The first-order chi connectivity index (χ1) is 8.45. The van der Waals surface area contributed by atoms with Gasteiger partial charge in [0, 0.05) is 24.3 Å². The summed E-state index contributed by atoms with van der Waals surface area (Å²) in [5, 5.41) is 0. The summed E-state index contributed by atoms with van der Waals surface area (Å²) < 4.78 is 0. The Balaban J connectivity index is 2.20. The van der Waals surface area contributed by atoms with Crippen LogP contribution in [0.3, 0.4) is 0 Å². The van der Waals surface area contributed by atoms with Gasteiger partial charge in [-0.2, -0.15) is 0 Å². The smallest absolute Gasteiger partial charge is 0.253 e. The molecular weight excluding hydrogens is 224 g/mol. The molecule has 0 aromatic heterocycles. The number of piperidine rings is 1. The van der Waals surface area contributed by atoms with Crippen molar-refractivity contribution in [1.29, 1.82) is 0 Å². The number of nitrogens with two attached hydrogens (primary N) is 1. The van der Waals surface area contributed by atoms with Crippen LogP contribution in [-0.2, 0) is 0 Å². The highest BCUT2D eigenvalue weighted by molar-refractivity contribution is 5.95. The number of hydrogen-bond acceptors (Lipinski definition) is 2. The zero-order valence-corrected chi connectivity index (χ0v) is 11.4. The van der Waals surface area contributed by atoms with Crippen LogP contribution in [0.25, 0.3) is 0 Å². The van der Waals surface area contributed by atoms with Gasteiger partial charge in [0.1, 0.15) is 0 Å². The maximum absolute atomic E-state index is 12.5. The predicted molar refractivity (Wildman–Crippen MR) is 74.4 cm³/mol. The Hall–Kier alpha value is -1.51. The van der Waals surface area contributed by atoms with Crippen molar-refractivity contribution in [3.8, 4) is 0 Å².